The molecule has 0 aromatic heterocycles. The lowest BCUT2D eigenvalue weighted by Crippen LogP contribution is -2.21. The molecule has 1 atom stereocenters. The highest BCUT2D eigenvalue weighted by molar-refractivity contribution is 4.61. The number of rotatable bonds is 4. The van der Waals surface area contributed by atoms with Gasteiger partial charge in [0, 0.05) is 6.04 Å². The van der Waals surface area contributed by atoms with Gasteiger partial charge in [-0.1, -0.05) is 41.0 Å². The van der Waals surface area contributed by atoms with Gasteiger partial charge in [0.1, 0.15) is 0 Å². The van der Waals surface area contributed by atoms with E-state index in [0.29, 0.717) is 6.04 Å². The van der Waals surface area contributed by atoms with Crippen LogP contribution in [0.3, 0.4) is 0 Å². The van der Waals surface area contributed by atoms with E-state index < -0.39 is 0 Å². The molecule has 0 saturated carbocycles. The van der Waals surface area contributed by atoms with Crippen LogP contribution in [0.2, 0.25) is 0 Å². The zero-order valence-corrected chi connectivity index (χ0v) is 8.85. The largest absolute Gasteiger partial charge is 0.328 e. The van der Waals surface area contributed by atoms with E-state index in [9.17, 15) is 0 Å². The van der Waals surface area contributed by atoms with Gasteiger partial charge in [-0.15, -0.1) is 0 Å². The van der Waals surface area contributed by atoms with E-state index in [4.69, 9.17) is 5.73 Å². The second kappa shape index (κ2) is 9.96. The SMILES string of the molecule is CC.CCCC(N)CC(C)C. The minimum absolute atomic E-state index is 0.440. The molecule has 2 N–H and O–H groups in total. The Kier molecular flexibility index (Phi) is 12.3. The van der Waals surface area contributed by atoms with Gasteiger partial charge in [0.2, 0.25) is 0 Å². The highest BCUT2D eigenvalue weighted by Crippen LogP contribution is 2.06. The van der Waals surface area contributed by atoms with E-state index >= 15 is 0 Å². The quantitative estimate of drug-likeness (QED) is 0.670. The van der Waals surface area contributed by atoms with E-state index in [1.165, 1.54) is 19.3 Å². The molecule has 0 aromatic rings. The summed E-state index contributed by atoms with van der Waals surface area (Å²) in [4.78, 5) is 0. The lowest BCUT2D eigenvalue weighted by atomic mass is 10.0. The van der Waals surface area contributed by atoms with Crippen LogP contribution in [0.4, 0.5) is 0 Å². The Balaban J connectivity index is 0. The van der Waals surface area contributed by atoms with Crippen LogP contribution in [0.5, 0.6) is 0 Å². The van der Waals surface area contributed by atoms with Crippen LogP contribution in [0.1, 0.15) is 53.9 Å². The summed E-state index contributed by atoms with van der Waals surface area (Å²) in [7, 11) is 0. The fourth-order valence-electron chi connectivity index (χ4n) is 1.09. The van der Waals surface area contributed by atoms with Crippen molar-refractivity contribution in [3.05, 3.63) is 0 Å². The molecule has 0 amide bonds. The predicted molar refractivity (Wildman–Crippen MR) is 53.7 cm³/mol. The number of nitrogens with two attached hydrogens (primary N) is 1. The fourth-order valence-corrected chi connectivity index (χ4v) is 1.09. The standard InChI is InChI=1S/C8H19N.C2H6/c1-4-5-8(9)6-7(2)3;1-2/h7-8H,4-6,9H2,1-3H3;1-2H3. The van der Waals surface area contributed by atoms with Gasteiger partial charge in [0.05, 0.1) is 0 Å². The van der Waals surface area contributed by atoms with Crippen LogP contribution in [0.15, 0.2) is 0 Å². The maximum absolute atomic E-state index is 5.79. The number of hydrogen-bond acceptors (Lipinski definition) is 1. The van der Waals surface area contributed by atoms with Crippen molar-refractivity contribution < 1.29 is 0 Å². The van der Waals surface area contributed by atoms with Gasteiger partial charge in [-0.2, -0.15) is 0 Å². The van der Waals surface area contributed by atoms with Crippen molar-refractivity contribution in [2.24, 2.45) is 11.7 Å². The molecule has 0 radical (unpaired) electrons. The van der Waals surface area contributed by atoms with Gasteiger partial charge in [-0.3, -0.25) is 0 Å². The average Bonchev–Trinajstić information content (AvgIpc) is 1.91. The van der Waals surface area contributed by atoms with E-state index in [0.717, 1.165) is 5.92 Å². The van der Waals surface area contributed by atoms with Crippen molar-refractivity contribution in [2.75, 3.05) is 0 Å². The monoisotopic (exact) mass is 159 g/mol. The summed E-state index contributed by atoms with van der Waals surface area (Å²) in [6, 6.07) is 0.440. The molecule has 0 fully saturated rings. The van der Waals surface area contributed by atoms with E-state index in [1.807, 2.05) is 13.8 Å². The maximum Gasteiger partial charge on any atom is 0.00411 e. The molecule has 0 aliphatic carbocycles. The normalized spacial score (nSPS) is 12.3. The van der Waals surface area contributed by atoms with Crippen molar-refractivity contribution in [3.63, 3.8) is 0 Å². The summed E-state index contributed by atoms with van der Waals surface area (Å²) in [6.07, 6.45) is 3.57. The second-order valence-corrected chi connectivity index (χ2v) is 3.18. The minimum Gasteiger partial charge on any atom is -0.328 e. The summed E-state index contributed by atoms with van der Waals surface area (Å²) in [5.74, 6) is 0.756. The van der Waals surface area contributed by atoms with Gasteiger partial charge < -0.3 is 5.73 Å². The first-order valence-corrected chi connectivity index (χ1v) is 4.92. The molecule has 0 bridgehead atoms. The van der Waals surface area contributed by atoms with Crippen molar-refractivity contribution in [1.29, 1.82) is 0 Å². The van der Waals surface area contributed by atoms with Crippen LogP contribution in [-0.4, -0.2) is 6.04 Å². The zero-order chi connectivity index (χ0) is 9.28. The first-order chi connectivity index (χ1) is 5.16. The first-order valence-electron chi connectivity index (χ1n) is 4.92. The highest BCUT2D eigenvalue weighted by Gasteiger charge is 2.02. The van der Waals surface area contributed by atoms with Crippen molar-refractivity contribution in [2.45, 2.75) is 59.9 Å². The average molecular weight is 159 g/mol. The zero-order valence-electron chi connectivity index (χ0n) is 8.85. The van der Waals surface area contributed by atoms with Crippen LogP contribution in [-0.2, 0) is 0 Å². The second-order valence-electron chi connectivity index (χ2n) is 3.18. The molecule has 70 valence electrons. The summed E-state index contributed by atoms with van der Waals surface area (Å²) < 4.78 is 0. The smallest absolute Gasteiger partial charge is 0.00411 e. The van der Waals surface area contributed by atoms with Crippen molar-refractivity contribution in [3.8, 4) is 0 Å². The molecular weight excluding hydrogens is 134 g/mol. The lowest BCUT2D eigenvalue weighted by Gasteiger charge is -2.11. The van der Waals surface area contributed by atoms with Crippen LogP contribution < -0.4 is 5.73 Å². The summed E-state index contributed by atoms with van der Waals surface area (Å²) in [5.41, 5.74) is 5.79. The van der Waals surface area contributed by atoms with Gasteiger partial charge in [0.15, 0.2) is 0 Å². The molecule has 0 aliphatic rings. The molecule has 0 saturated heterocycles. The third-order valence-corrected chi connectivity index (χ3v) is 1.43. The molecule has 1 nitrogen and oxygen atoms in total. The molecule has 0 aromatic carbocycles. The van der Waals surface area contributed by atoms with E-state index in [-0.39, 0.29) is 0 Å². The summed E-state index contributed by atoms with van der Waals surface area (Å²) in [6.45, 7) is 10.6. The van der Waals surface area contributed by atoms with Gasteiger partial charge in [0.25, 0.3) is 0 Å². The third-order valence-electron chi connectivity index (χ3n) is 1.43. The molecule has 11 heavy (non-hydrogen) atoms. The molecule has 0 spiro atoms. The third kappa shape index (κ3) is 13.0. The van der Waals surface area contributed by atoms with Crippen LogP contribution in [0, 0.1) is 5.92 Å². The Morgan fingerprint density at radius 2 is 1.64 bits per heavy atom. The van der Waals surface area contributed by atoms with Gasteiger partial charge in [-0.05, 0) is 18.8 Å². The Morgan fingerprint density at radius 3 is 1.91 bits per heavy atom. The minimum atomic E-state index is 0.440. The first kappa shape index (κ1) is 13.5. The Hall–Kier alpha value is -0.0400. The topological polar surface area (TPSA) is 26.0 Å². The molecule has 0 rings (SSSR count). The van der Waals surface area contributed by atoms with E-state index in [2.05, 4.69) is 20.8 Å². The number of hydrogen-bond donors (Lipinski definition) is 1. The summed E-state index contributed by atoms with van der Waals surface area (Å²) in [5, 5.41) is 0. The summed E-state index contributed by atoms with van der Waals surface area (Å²) >= 11 is 0. The highest BCUT2D eigenvalue weighted by atomic mass is 14.6. The Morgan fingerprint density at radius 1 is 1.18 bits per heavy atom. The molecule has 0 heterocycles. The molecule has 1 unspecified atom stereocenters. The fraction of sp³-hybridized carbons (Fsp3) is 1.00. The maximum atomic E-state index is 5.79. The molecule has 0 aliphatic heterocycles. The molecule has 1 heteroatoms. The molecular formula is C10H25N. The Bertz CT molecular complexity index is 59.9. The van der Waals surface area contributed by atoms with E-state index in [1.54, 1.807) is 0 Å². The van der Waals surface area contributed by atoms with Gasteiger partial charge in [-0.25, -0.2) is 0 Å². The van der Waals surface area contributed by atoms with Crippen molar-refractivity contribution in [1.82, 2.24) is 0 Å². The Labute approximate surface area is 72.4 Å². The van der Waals surface area contributed by atoms with Gasteiger partial charge >= 0.3 is 0 Å². The lowest BCUT2D eigenvalue weighted by molar-refractivity contribution is 0.470. The van der Waals surface area contributed by atoms with Crippen molar-refractivity contribution >= 4 is 0 Å². The van der Waals surface area contributed by atoms with Crippen LogP contribution in [0.25, 0.3) is 0 Å². The van der Waals surface area contributed by atoms with Crippen LogP contribution >= 0.6 is 0 Å². The predicted octanol–water partition coefficient (Wildman–Crippen LogP) is 3.19.